The second kappa shape index (κ2) is 3.34. The average molecular weight is 194 g/mol. The zero-order valence-corrected chi connectivity index (χ0v) is 7.33. The second-order valence-electron chi connectivity index (χ2n) is 1.71. The van der Waals surface area contributed by atoms with E-state index >= 15 is 0 Å². The standard InChI is InChI=1S/C6H4Cl2OP/c7-6(8)5-1-3-10(9)4-2-5/h1-4H/q+1. The highest BCUT2D eigenvalue weighted by Crippen LogP contribution is 2.32. The van der Waals surface area contributed by atoms with Gasteiger partial charge in [0.2, 0.25) is 0 Å². The maximum atomic E-state index is 10.7. The molecule has 0 unspecified atom stereocenters. The van der Waals surface area contributed by atoms with Gasteiger partial charge in [-0.05, 0) is 12.2 Å². The summed E-state index contributed by atoms with van der Waals surface area (Å²) in [6.45, 7) is 0. The first-order valence-electron chi connectivity index (χ1n) is 2.57. The molecule has 10 heavy (non-hydrogen) atoms. The molecule has 0 aromatic carbocycles. The molecule has 0 atom stereocenters. The molecule has 0 aliphatic carbocycles. The third-order valence-corrected chi connectivity index (χ3v) is 2.34. The van der Waals surface area contributed by atoms with Crippen LogP contribution in [0.25, 0.3) is 0 Å². The van der Waals surface area contributed by atoms with Gasteiger partial charge in [-0.15, -0.1) is 0 Å². The lowest BCUT2D eigenvalue weighted by molar-refractivity contribution is 0.597. The summed E-state index contributed by atoms with van der Waals surface area (Å²) in [5, 5.41) is 0. The molecule has 0 aromatic heterocycles. The Bertz CT molecular complexity index is 230. The molecular formula is C6H4Cl2OP+. The minimum atomic E-state index is -1.31. The van der Waals surface area contributed by atoms with Crippen molar-refractivity contribution >= 4 is 31.0 Å². The van der Waals surface area contributed by atoms with E-state index in [4.69, 9.17) is 23.2 Å². The van der Waals surface area contributed by atoms with Gasteiger partial charge < -0.3 is 0 Å². The zero-order valence-electron chi connectivity index (χ0n) is 4.92. The molecular weight excluding hydrogens is 190 g/mol. The Labute approximate surface area is 69.8 Å². The highest BCUT2D eigenvalue weighted by atomic mass is 35.5. The summed E-state index contributed by atoms with van der Waals surface area (Å²) >= 11 is 10.9. The normalized spacial score (nSPS) is 19.8. The van der Waals surface area contributed by atoms with Gasteiger partial charge in [0.05, 0.1) is 0 Å². The third-order valence-electron chi connectivity index (χ3n) is 1.02. The number of rotatable bonds is 0. The Balaban J connectivity index is 2.91. The molecule has 52 valence electrons. The Morgan fingerprint density at radius 3 is 2.20 bits per heavy atom. The van der Waals surface area contributed by atoms with E-state index in [2.05, 4.69) is 0 Å². The molecule has 1 nitrogen and oxygen atoms in total. The summed E-state index contributed by atoms with van der Waals surface area (Å²) in [7, 11) is -1.31. The Morgan fingerprint density at radius 2 is 1.80 bits per heavy atom. The SMILES string of the molecule is O=[P+]1C=CC(=C(Cl)Cl)C=C1. The summed E-state index contributed by atoms with van der Waals surface area (Å²) in [6.07, 6.45) is 3.29. The molecule has 0 radical (unpaired) electrons. The van der Waals surface area contributed by atoms with Gasteiger partial charge in [-0.2, -0.15) is 0 Å². The van der Waals surface area contributed by atoms with Crippen LogP contribution >= 0.6 is 31.0 Å². The van der Waals surface area contributed by atoms with Crippen LogP contribution in [0, 0.1) is 0 Å². The Hall–Kier alpha value is -0.100. The number of halogens is 2. The van der Waals surface area contributed by atoms with E-state index in [1.54, 1.807) is 23.8 Å². The van der Waals surface area contributed by atoms with Crippen LogP contribution in [-0.4, -0.2) is 0 Å². The van der Waals surface area contributed by atoms with Crippen molar-refractivity contribution in [1.82, 2.24) is 0 Å². The second-order valence-corrected chi connectivity index (χ2v) is 3.97. The van der Waals surface area contributed by atoms with Crippen LogP contribution in [0.1, 0.15) is 0 Å². The fourth-order valence-corrected chi connectivity index (χ4v) is 1.51. The summed E-state index contributed by atoms with van der Waals surface area (Å²) in [6, 6.07) is 0. The van der Waals surface area contributed by atoms with Crippen LogP contribution in [0.15, 0.2) is 33.9 Å². The zero-order chi connectivity index (χ0) is 7.56. The lowest BCUT2D eigenvalue weighted by Crippen LogP contribution is -1.74. The minimum absolute atomic E-state index is 0.204. The molecule has 1 heterocycles. The van der Waals surface area contributed by atoms with Crippen molar-refractivity contribution in [2.75, 3.05) is 0 Å². The van der Waals surface area contributed by atoms with Crippen molar-refractivity contribution in [3.8, 4) is 0 Å². The highest BCUT2D eigenvalue weighted by molar-refractivity contribution is 7.51. The van der Waals surface area contributed by atoms with Crippen molar-refractivity contribution in [3.05, 3.63) is 33.9 Å². The van der Waals surface area contributed by atoms with E-state index < -0.39 is 7.80 Å². The lowest BCUT2D eigenvalue weighted by atomic mass is 10.3. The van der Waals surface area contributed by atoms with Crippen molar-refractivity contribution in [1.29, 1.82) is 0 Å². The van der Waals surface area contributed by atoms with Gasteiger partial charge in [-0.3, -0.25) is 0 Å². The van der Waals surface area contributed by atoms with Gasteiger partial charge in [0, 0.05) is 5.57 Å². The molecule has 0 saturated carbocycles. The van der Waals surface area contributed by atoms with E-state index in [1.807, 2.05) is 0 Å². The van der Waals surface area contributed by atoms with Crippen LogP contribution in [-0.2, 0) is 4.57 Å². The topological polar surface area (TPSA) is 17.1 Å². The molecule has 4 heteroatoms. The molecule has 0 amide bonds. The number of allylic oxidation sites excluding steroid dienone is 3. The average Bonchev–Trinajstić information content (AvgIpc) is 1.88. The molecule has 1 aliphatic rings. The molecule has 0 N–H and O–H groups in total. The number of hydrogen-bond acceptors (Lipinski definition) is 1. The molecule has 0 aromatic rings. The van der Waals surface area contributed by atoms with Crippen molar-refractivity contribution in [2.24, 2.45) is 0 Å². The first-order valence-corrected chi connectivity index (χ1v) is 4.72. The van der Waals surface area contributed by atoms with E-state index in [0.717, 1.165) is 0 Å². The summed E-state index contributed by atoms with van der Waals surface area (Å²) in [5.41, 5.74) is 0.706. The molecule has 1 aliphatic heterocycles. The van der Waals surface area contributed by atoms with Gasteiger partial charge in [-0.25, -0.2) is 0 Å². The largest absolute Gasteiger partial charge is 0.400 e. The summed E-state index contributed by atoms with van der Waals surface area (Å²) in [4.78, 5) is 0. The maximum Gasteiger partial charge on any atom is 0.400 e. The number of hydrogen-bond donors (Lipinski definition) is 0. The van der Waals surface area contributed by atoms with Gasteiger partial charge in [0.15, 0.2) is 11.6 Å². The fourth-order valence-electron chi connectivity index (χ4n) is 0.539. The van der Waals surface area contributed by atoms with E-state index in [0.29, 0.717) is 5.57 Å². The van der Waals surface area contributed by atoms with Crippen LogP contribution in [0.4, 0.5) is 0 Å². The van der Waals surface area contributed by atoms with Crippen molar-refractivity contribution in [3.63, 3.8) is 0 Å². The van der Waals surface area contributed by atoms with E-state index in [9.17, 15) is 4.57 Å². The quantitative estimate of drug-likeness (QED) is 0.539. The first-order chi connectivity index (χ1) is 4.70. The summed E-state index contributed by atoms with van der Waals surface area (Å²) < 4.78 is 10.9. The van der Waals surface area contributed by atoms with Gasteiger partial charge in [0.1, 0.15) is 4.49 Å². The van der Waals surface area contributed by atoms with Crippen LogP contribution < -0.4 is 0 Å². The monoisotopic (exact) mass is 193 g/mol. The van der Waals surface area contributed by atoms with Gasteiger partial charge in [-0.1, -0.05) is 27.8 Å². The van der Waals surface area contributed by atoms with Crippen molar-refractivity contribution in [2.45, 2.75) is 0 Å². The van der Waals surface area contributed by atoms with Crippen LogP contribution in [0.5, 0.6) is 0 Å². The third kappa shape index (κ3) is 1.95. The van der Waals surface area contributed by atoms with Crippen LogP contribution in [0.3, 0.4) is 0 Å². The Kier molecular flexibility index (Phi) is 2.67. The lowest BCUT2D eigenvalue weighted by Gasteiger charge is -1.91. The Morgan fingerprint density at radius 1 is 1.30 bits per heavy atom. The predicted molar refractivity (Wildman–Crippen MR) is 44.6 cm³/mol. The molecule has 1 rings (SSSR count). The van der Waals surface area contributed by atoms with E-state index in [-0.39, 0.29) is 4.49 Å². The predicted octanol–water partition coefficient (Wildman–Crippen LogP) is 3.54. The fraction of sp³-hybridized carbons (Fsp3) is 0. The summed E-state index contributed by atoms with van der Waals surface area (Å²) in [5.74, 6) is 3.13. The maximum absolute atomic E-state index is 10.7. The smallest absolute Gasteiger partial charge is 0.0702 e. The first kappa shape index (κ1) is 8.00. The van der Waals surface area contributed by atoms with Crippen molar-refractivity contribution < 1.29 is 4.57 Å². The van der Waals surface area contributed by atoms with Gasteiger partial charge in [0.25, 0.3) is 0 Å². The van der Waals surface area contributed by atoms with Crippen LogP contribution in [0.2, 0.25) is 0 Å². The van der Waals surface area contributed by atoms with Gasteiger partial charge >= 0.3 is 7.80 Å². The minimum Gasteiger partial charge on any atom is -0.0702 e. The molecule has 0 spiro atoms. The molecule has 0 bridgehead atoms. The van der Waals surface area contributed by atoms with E-state index in [1.165, 1.54) is 0 Å². The molecule has 0 fully saturated rings. The highest BCUT2D eigenvalue weighted by Gasteiger charge is 2.10. The molecule has 0 saturated heterocycles.